The van der Waals surface area contributed by atoms with Crippen LogP contribution in [0.25, 0.3) is 0 Å². The standard InChI is InChI=1S/C12H15N3S/c1-9-8-16-12(15-9)7-14-10(2)11-4-3-5-13-6-11/h3-6,8,10,14H,7H2,1-2H3/t10-/m0/s1. The van der Waals surface area contributed by atoms with Gasteiger partial charge >= 0.3 is 0 Å². The van der Waals surface area contributed by atoms with Crippen molar-refractivity contribution in [3.63, 3.8) is 0 Å². The highest BCUT2D eigenvalue weighted by molar-refractivity contribution is 7.09. The number of nitrogens with zero attached hydrogens (tertiary/aromatic N) is 2. The quantitative estimate of drug-likeness (QED) is 0.882. The van der Waals surface area contributed by atoms with Crippen molar-refractivity contribution in [2.24, 2.45) is 0 Å². The average Bonchev–Trinajstić information content (AvgIpc) is 2.73. The van der Waals surface area contributed by atoms with Gasteiger partial charge in [0.2, 0.25) is 0 Å². The molecule has 0 aliphatic heterocycles. The third-order valence-corrected chi connectivity index (χ3v) is 3.38. The zero-order valence-corrected chi connectivity index (χ0v) is 10.3. The van der Waals surface area contributed by atoms with Crippen molar-refractivity contribution in [2.75, 3.05) is 0 Å². The fourth-order valence-corrected chi connectivity index (χ4v) is 2.20. The molecule has 0 aliphatic carbocycles. The highest BCUT2D eigenvalue weighted by atomic mass is 32.1. The first-order valence-electron chi connectivity index (χ1n) is 5.30. The molecule has 0 radical (unpaired) electrons. The number of nitrogens with one attached hydrogen (secondary N) is 1. The maximum Gasteiger partial charge on any atom is 0.107 e. The van der Waals surface area contributed by atoms with Gasteiger partial charge < -0.3 is 5.32 Å². The van der Waals surface area contributed by atoms with Crippen LogP contribution in [0.1, 0.15) is 29.2 Å². The van der Waals surface area contributed by atoms with Gasteiger partial charge in [-0.2, -0.15) is 0 Å². The highest BCUT2D eigenvalue weighted by Crippen LogP contribution is 2.13. The molecular weight excluding hydrogens is 218 g/mol. The van der Waals surface area contributed by atoms with Crippen LogP contribution >= 0.6 is 11.3 Å². The third-order valence-electron chi connectivity index (χ3n) is 2.41. The lowest BCUT2D eigenvalue weighted by molar-refractivity contribution is 0.571. The predicted octanol–water partition coefficient (Wildman–Crippen LogP) is 2.70. The largest absolute Gasteiger partial charge is 0.304 e. The number of thiazole rings is 1. The summed E-state index contributed by atoms with van der Waals surface area (Å²) < 4.78 is 0. The second kappa shape index (κ2) is 5.18. The van der Waals surface area contributed by atoms with Crippen LogP contribution in [0, 0.1) is 6.92 Å². The van der Waals surface area contributed by atoms with Gasteiger partial charge in [-0.1, -0.05) is 6.07 Å². The molecule has 0 bridgehead atoms. The van der Waals surface area contributed by atoms with E-state index in [2.05, 4.69) is 33.7 Å². The van der Waals surface area contributed by atoms with Crippen LogP contribution in [0.3, 0.4) is 0 Å². The Hall–Kier alpha value is -1.26. The van der Waals surface area contributed by atoms with Crippen LogP contribution in [0.5, 0.6) is 0 Å². The molecule has 1 atom stereocenters. The summed E-state index contributed by atoms with van der Waals surface area (Å²) in [7, 11) is 0. The van der Waals surface area contributed by atoms with Crippen molar-refractivity contribution in [2.45, 2.75) is 26.4 Å². The van der Waals surface area contributed by atoms with Crippen molar-refractivity contribution in [3.8, 4) is 0 Å². The SMILES string of the molecule is Cc1csc(CN[C@@H](C)c2cccnc2)n1. The molecule has 0 fully saturated rings. The Balaban J connectivity index is 1.91. The molecule has 0 saturated heterocycles. The Labute approximate surface area is 99.6 Å². The van der Waals surface area contributed by atoms with Crippen molar-refractivity contribution in [1.82, 2.24) is 15.3 Å². The molecule has 3 nitrogen and oxygen atoms in total. The van der Waals surface area contributed by atoms with Crippen LogP contribution < -0.4 is 5.32 Å². The molecule has 1 N–H and O–H groups in total. The normalized spacial score (nSPS) is 12.6. The summed E-state index contributed by atoms with van der Waals surface area (Å²) in [5.41, 5.74) is 2.30. The molecule has 0 aromatic carbocycles. The molecule has 0 aliphatic rings. The van der Waals surface area contributed by atoms with E-state index in [9.17, 15) is 0 Å². The number of aromatic nitrogens is 2. The molecule has 0 unspecified atom stereocenters. The number of pyridine rings is 1. The molecule has 2 rings (SSSR count). The van der Waals surface area contributed by atoms with E-state index in [0.29, 0.717) is 6.04 Å². The van der Waals surface area contributed by atoms with Gasteiger partial charge in [0.25, 0.3) is 0 Å². The van der Waals surface area contributed by atoms with E-state index >= 15 is 0 Å². The van der Waals surface area contributed by atoms with Crippen LogP contribution in [-0.4, -0.2) is 9.97 Å². The number of rotatable bonds is 4. The second-order valence-electron chi connectivity index (χ2n) is 3.77. The topological polar surface area (TPSA) is 37.8 Å². The minimum Gasteiger partial charge on any atom is -0.304 e. The molecular formula is C12H15N3S. The van der Waals surface area contributed by atoms with Gasteiger partial charge in [-0.05, 0) is 25.5 Å². The van der Waals surface area contributed by atoms with E-state index < -0.39 is 0 Å². The number of aryl methyl sites for hydroxylation is 1. The molecule has 2 aromatic heterocycles. The minimum atomic E-state index is 0.304. The molecule has 0 saturated carbocycles. The lowest BCUT2D eigenvalue weighted by Gasteiger charge is -2.12. The van der Waals surface area contributed by atoms with Crippen molar-refractivity contribution in [1.29, 1.82) is 0 Å². The van der Waals surface area contributed by atoms with Gasteiger partial charge in [0.05, 0.1) is 0 Å². The van der Waals surface area contributed by atoms with Gasteiger partial charge in [0, 0.05) is 36.1 Å². The Bertz CT molecular complexity index is 439. The summed E-state index contributed by atoms with van der Waals surface area (Å²) in [6.45, 7) is 4.97. The molecule has 2 heterocycles. The van der Waals surface area contributed by atoms with Crippen molar-refractivity contribution >= 4 is 11.3 Å². The zero-order valence-electron chi connectivity index (χ0n) is 9.47. The van der Waals surface area contributed by atoms with Crippen molar-refractivity contribution in [3.05, 3.63) is 46.2 Å². The fraction of sp³-hybridized carbons (Fsp3) is 0.333. The molecule has 2 aromatic rings. The Morgan fingerprint density at radius 1 is 1.50 bits per heavy atom. The van der Waals surface area contributed by atoms with Crippen molar-refractivity contribution < 1.29 is 0 Å². The molecule has 0 amide bonds. The van der Waals surface area contributed by atoms with E-state index in [-0.39, 0.29) is 0 Å². The zero-order chi connectivity index (χ0) is 11.4. The molecule has 16 heavy (non-hydrogen) atoms. The molecule has 84 valence electrons. The Morgan fingerprint density at radius 3 is 3.00 bits per heavy atom. The van der Waals surface area contributed by atoms with Gasteiger partial charge in [-0.3, -0.25) is 4.98 Å². The summed E-state index contributed by atoms with van der Waals surface area (Å²) in [5, 5.41) is 6.64. The first kappa shape index (κ1) is 11.2. The van der Waals surface area contributed by atoms with Crippen LogP contribution in [0.2, 0.25) is 0 Å². The predicted molar refractivity (Wildman–Crippen MR) is 66.3 cm³/mol. The first-order chi connectivity index (χ1) is 7.75. The lowest BCUT2D eigenvalue weighted by Crippen LogP contribution is -2.18. The summed E-state index contributed by atoms with van der Waals surface area (Å²) in [6.07, 6.45) is 3.69. The van der Waals surface area contributed by atoms with E-state index in [0.717, 1.165) is 17.2 Å². The second-order valence-corrected chi connectivity index (χ2v) is 4.71. The lowest BCUT2D eigenvalue weighted by atomic mass is 10.1. The van der Waals surface area contributed by atoms with Gasteiger partial charge in [-0.15, -0.1) is 11.3 Å². The first-order valence-corrected chi connectivity index (χ1v) is 6.18. The summed E-state index contributed by atoms with van der Waals surface area (Å²) >= 11 is 1.70. The van der Waals surface area contributed by atoms with Gasteiger partial charge in [-0.25, -0.2) is 4.98 Å². The van der Waals surface area contributed by atoms with E-state index in [1.54, 1.807) is 17.5 Å². The molecule has 4 heteroatoms. The van der Waals surface area contributed by atoms with E-state index in [1.165, 1.54) is 5.56 Å². The summed E-state index contributed by atoms with van der Waals surface area (Å²) in [5.74, 6) is 0. The van der Waals surface area contributed by atoms with Crippen LogP contribution in [0.4, 0.5) is 0 Å². The van der Waals surface area contributed by atoms with Gasteiger partial charge in [0.15, 0.2) is 0 Å². The molecule has 0 spiro atoms. The van der Waals surface area contributed by atoms with E-state index in [1.807, 2.05) is 19.2 Å². The average molecular weight is 233 g/mol. The number of hydrogen-bond acceptors (Lipinski definition) is 4. The minimum absolute atomic E-state index is 0.304. The van der Waals surface area contributed by atoms with E-state index in [4.69, 9.17) is 0 Å². The van der Waals surface area contributed by atoms with Crippen LogP contribution in [0.15, 0.2) is 29.9 Å². The fourth-order valence-electron chi connectivity index (χ4n) is 1.47. The van der Waals surface area contributed by atoms with Crippen LogP contribution in [-0.2, 0) is 6.54 Å². The van der Waals surface area contributed by atoms with Gasteiger partial charge in [0.1, 0.15) is 5.01 Å². The summed E-state index contributed by atoms with van der Waals surface area (Å²) in [4.78, 5) is 8.53. The maximum absolute atomic E-state index is 4.42. The Morgan fingerprint density at radius 2 is 2.38 bits per heavy atom. The Kier molecular flexibility index (Phi) is 3.64. The number of hydrogen-bond donors (Lipinski definition) is 1. The maximum atomic E-state index is 4.42. The third kappa shape index (κ3) is 2.87. The highest BCUT2D eigenvalue weighted by Gasteiger charge is 2.05. The smallest absolute Gasteiger partial charge is 0.107 e. The summed E-state index contributed by atoms with van der Waals surface area (Å²) in [6, 6.07) is 4.34. The monoisotopic (exact) mass is 233 g/mol.